The van der Waals surface area contributed by atoms with E-state index < -0.39 is 5.60 Å². The van der Waals surface area contributed by atoms with Gasteiger partial charge in [0, 0.05) is 11.6 Å². The maximum atomic E-state index is 10.8. The molecule has 0 aromatic heterocycles. The molecule has 0 spiro atoms. The van der Waals surface area contributed by atoms with Crippen LogP contribution in [0.15, 0.2) is 24.8 Å². The smallest absolute Gasteiger partial charge is 0.333 e. The summed E-state index contributed by atoms with van der Waals surface area (Å²) >= 11 is 0. The van der Waals surface area contributed by atoms with Gasteiger partial charge in [-0.15, -0.1) is 0 Å². The van der Waals surface area contributed by atoms with E-state index in [1.54, 1.807) is 6.92 Å². The van der Waals surface area contributed by atoms with Gasteiger partial charge in [-0.2, -0.15) is 0 Å². The standard InChI is InChI=1S/C11H20O2.C8H14O2/c1-4-7-8-10(5-2)9-13-11(12)6-3;1-6(2)7(9)10-8(3,4)5/h6,10H,3-5,7-9H2,1-2H3;1H2,2-5H3. The zero-order valence-corrected chi connectivity index (χ0v) is 15.7. The van der Waals surface area contributed by atoms with Crippen LogP contribution in [-0.2, 0) is 19.1 Å². The highest BCUT2D eigenvalue weighted by Gasteiger charge is 2.15. The van der Waals surface area contributed by atoms with E-state index in [-0.39, 0.29) is 11.9 Å². The minimum absolute atomic E-state index is 0.310. The summed E-state index contributed by atoms with van der Waals surface area (Å²) in [5.74, 6) is -0.119. The predicted octanol–water partition coefficient (Wildman–Crippen LogP) is 4.84. The van der Waals surface area contributed by atoms with Gasteiger partial charge in [-0.05, 0) is 40.0 Å². The van der Waals surface area contributed by atoms with Crippen molar-refractivity contribution in [2.24, 2.45) is 5.92 Å². The van der Waals surface area contributed by atoms with Crippen LogP contribution in [0.3, 0.4) is 0 Å². The van der Waals surface area contributed by atoms with Crippen LogP contribution in [0.2, 0.25) is 0 Å². The van der Waals surface area contributed by atoms with Crippen molar-refractivity contribution in [2.75, 3.05) is 6.61 Å². The Bertz CT molecular complexity index is 377. The third-order valence-corrected chi connectivity index (χ3v) is 2.92. The molecular weight excluding hydrogens is 292 g/mol. The van der Waals surface area contributed by atoms with Crippen molar-refractivity contribution in [1.29, 1.82) is 0 Å². The second-order valence-corrected chi connectivity index (χ2v) is 6.53. The van der Waals surface area contributed by atoms with Gasteiger partial charge in [0.25, 0.3) is 0 Å². The summed E-state index contributed by atoms with van der Waals surface area (Å²) in [6, 6.07) is 0. The highest BCUT2D eigenvalue weighted by atomic mass is 16.6. The van der Waals surface area contributed by atoms with E-state index in [0.717, 1.165) is 12.8 Å². The Morgan fingerprint density at radius 1 is 1.22 bits per heavy atom. The summed E-state index contributed by atoms with van der Waals surface area (Å²) in [4.78, 5) is 21.6. The van der Waals surface area contributed by atoms with E-state index in [2.05, 4.69) is 27.0 Å². The lowest BCUT2D eigenvalue weighted by Crippen LogP contribution is -2.23. The molecule has 0 aliphatic heterocycles. The predicted molar refractivity (Wildman–Crippen MR) is 95.1 cm³/mol. The highest BCUT2D eigenvalue weighted by Crippen LogP contribution is 2.12. The molecule has 0 saturated carbocycles. The molecule has 0 rings (SSSR count). The third kappa shape index (κ3) is 16.6. The van der Waals surface area contributed by atoms with Gasteiger partial charge in [-0.3, -0.25) is 0 Å². The van der Waals surface area contributed by atoms with Crippen molar-refractivity contribution >= 4 is 11.9 Å². The minimum atomic E-state index is -0.407. The van der Waals surface area contributed by atoms with Gasteiger partial charge in [-0.25, -0.2) is 9.59 Å². The first-order chi connectivity index (χ1) is 10.6. The molecule has 0 aromatic carbocycles. The number of carbonyl (C=O) groups excluding carboxylic acids is 2. The number of hydrogen-bond acceptors (Lipinski definition) is 4. The maximum absolute atomic E-state index is 10.8. The van der Waals surface area contributed by atoms with Crippen LogP contribution in [0.1, 0.15) is 67.2 Å². The number of unbranched alkanes of at least 4 members (excludes halogenated alkanes) is 1. The Morgan fingerprint density at radius 2 is 1.78 bits per heavy atom. The average molecular weight is 326 g/mol. The Hall–Kier alpha value is -1.58. The van der Waals surface area contributed by atoms with E-state index in [1.165, 1.54) is 18.9 Å². The quantitative estimate of drug-likeness (QED) is 0.473. The maximum Gasteiger partial charge on any atom is 0.333 e. The zero-order valence-electron chi connectivity index (χ0n) is 15.7. The molecule has 0 aliphatic rings. The normalized spacial score (nSPS) is 11.6. The minimum Gasteiger partial charge on any atom is -0.462 e. The fraction of sp³-hybridized carbons (Fsp3) is 0.684. The van der Waals surface area contributed by atoms with Gasteiger partial charge in [0.1, 0.15) is 5.60 Å². The van der Waals surface area contributed by atoms with Gasteiger partial charge < -0.3 is 9.47 Å². The number of carbonyl (C=O) groups is 2. The first-order valence-corrected chi connectivity index (χ1v) is 8.25. The van der Waals surface area contributed by atoms with Gasteiger partial charge in [-0.1, -0.05) is 46.3 Å². The van der Waals surface area contributed by atoms with E-state index in [1.807, 2.05) is 20.8 Å². The summed E-state index contributed by atoms with van der Waals surface area (Å²) in [7, 11) is 0. The number of rotatable bonds is 8. The van der Waals surface area contributed by atoms with Crippen molar-refractivity contribution in [2.45, 2.75) is 72.8 Å². The van der Waals surface area contributed by atoms with Gasteiger partial charge in [0.05, 0.1) is 6.61 Å². The lowest BCUT2D eigenvalue weighted by atomic mass is 10.0. The molecule has 0 fully saturated rings. The van der Waals surface area contributed by atoms with Crippen LogP contribution in [0.5, 0.6) is 0 Å². The van der Waals surface area contributed by atoms with Gasteiger partial charge >= 0.3 is 11.9 Å². The molecule has 4 nitrogen and oxygen atoms in total. The fourth-order valence-electron chi connectivity index (χ4n) is 1.52. The molecule has 0 amide bonds. The topological polar surface area (TPSA) is 52.6 Å². The Morgan fingerprint density at radius 3 is 2.09 bits per heavy atom. The van der Waals surface area contributed by atoms with E-state index in [0.29, 0.717) is 18.1 Å². The molecule has 0 aromatic rings. The third-order valence-electron chi connectivity index (χ3n) is 2.92. The molecule has 1 unspecified atom stereocenters. The summed E-state index contributed by atoms with van der Waals surface area (Å²) in [5.41, 5.74) is 0.0330. The van der Waals surface area contributed by atoms with Crippen molar-refractivity contribution in [3.05, 3.63) is 24.8 Å². The summed E-state index contributed by atoms with van der Waals surface area (Å²) in [6.07, 6.45) is 5.85. The van der Waals surface area contributed by atoms with Crippen LogP contribution in [0.25, 0.3) is 0 Å². The molecule has 0 saturated heterocycles. The monoisotopic (exact) mass is 326 g/mol. The fourth-order valence-corrected chi connectivity index (χ4v) is 1.52. The summed E-state index contributed by atoms with van der Waals surface area (Å²) < 4.78 is 9.94. The summed E-state index contributed by atoms with van der Waals surface area (Å²) in [5, 5.41) is 0. The Labute approximate surface area is 141 Å². The van der Waals surface area contributed by atoms with Crippen LogP contribution in [0.4, 0.5) is 0 Å². The first-order valence-electron chi connectivity index (χ1n) is 8.25. The second kappa shape index (κ2) is 12.9. The van der Waals surface area contributed by atoms with Crippen molar-refractivity contribution in [1.82, 2.24) is 0 Å². The molecule has 0 radical (unpaired) electrons. The van der Waals surface area contributed by atoms with Crippen molar-refractivity contribution < 1.29 is 19.1 Å². The molecule has 0 heterocycles. The van der Waals surface area contributed by atoms with Crippen LogP contribution in [0, 0.1) is 5.92 Å². The SMILES string of the molecule is C=C(C)C(=O)OC(C)(C)C.C=CC(=O)OCC(CC)CCCC. The highest BCUT2D eigenvalue weighted by molar-refractivity contribution is 5.87. The Kier molecular flexibility index (Phi) is 13.3. The van der Waals surface area contributed by atoms with E-state index >= 15 is 0 Å². The van der Waals surface area contributed by atoms with E-state index in [9.17, 15) is 9.59 Å². The molecule has 0 bridgehead atoms. The average Bonchev–Trinajstić information content (AvgIpc) is 2.46. The molecule has 0 aliphatic carbocycles. The number of esters is 2. The number of ether oxygens (including phenoxy) is 2. The lowest BCUT2D eigenvalue weighted by molar-refractivity contribution is -0.149. The lowest BCUT2D eigenvalue weighted by Gasteiger charge is -2.19. The van der Waals surface area contributed by atoms with Crippen molar-refractivity contribution in [3.63, 3.8) is 0 Å². The summed E-state index contributed by atoms with van der Waals surface area (Å²) in [6.45, 7) is 18.8. The largest absolute Gasteiger partial charge is 0.462 e. The molecule has 4 heteroatoms. The second-order valence-electron chi connectivity index (χ2n) is 6.53. The van der Waals surface area contributed by atoms with Gasteiger partial charge in [0.2, 0.25) is 0 Å². The molecule has 0 N–H and O–H groups in total. The molecule has 1 atom stereocenters. The Balaban J connectivity index is 0. The zero-order chi connectivity index (χ0) is 18.5. The molecule has 23 heavy (non-hydrogen) atoms. The first kappa shape index (κ1) is 23.7. The molecular formula is C19H34O4. The number of hydrogen-bond donors (Lipinski definition) is 0. The van der Waals surface area contributed by atoms with Crippen molar-refractivity contribution in [3.8, 4) is 0 Å². The molecule has 134 valence electrons. The van der Waals surface area contributed by atoms with Gasteiger partial charge in [0.15, 0.2) is 0 Å². The van der Waals surface area contributed by atoms with E-state index in [4.69, 9.17) is 9.47 Å². The van der Waals surface area contributed by atoms with Crippen LogP contribution >= 0.6 is 0 Å². The van der Waals surface area contributed by atoms with Crippen LogP contribution in [-0.4, -0.2) is 24.1 Å². The van der Waals surface area contributed by atoms with Crippen LogP contribution < -0.4 is 0 Å².